The fourth-order valence-electron chi connectivity index (χ4n) is 2.15. The summed E-state index contributed by atoms with van der Waals surface area (Å²) in [5, 5.41) is 0. The molecule has 4 N–H and O–H groups in total. The smallest absolute Gasteiger partial charge is 0.351 e. The molecule has 25 heavy (non-hydrogen) atoms. The molecule has 0 saturated carbocycles. The molecular formula is C14H16N5O4PS. The van der Waals surface area contributed by atoms with Crippen LogP contribution in [-0.2, 0) is 15.8 Å². The summed E-state index contributed by atoms with van der Waals surface area (Å²) in [4.78, 5) is 31.3. The van der Waals surface area contributed by atoms with Gasteiger partial charge in [-0.05, 0) is 12.1 Å². The Hall–Kier alpha value is -1.97. The van der Waals surface area contributed by atoms with E-state index in [2.05, 4.69) is 15.0 Å². The van der Waals surface area contributed by atoms with Gasteiger partial charge in [0.2, 0.25) is 0 Å². The fraction of sp³-hybridized carbons (Fsp3) is 0.214. The third kappa shape index (κ3) is 4.77. The number of hydrogen-bond donors (Lipinski definition) is 3. The van der Waals surface area contributed by atoms with Crippen LogP contribution in [0.2, 0.25) is 0 Å². The first kappa shape index (κ1) is 17.8. The maximum absolute atomic E-state index is 11.2. The fourth-order valence-corrected chi connectivity index (χ4v) is 3.61. The van der Waals surface area contributed by atoms with Gasteiger partial charge in [0.05, 0.1) is 12.9 Å². The molecule has 1 atom stereocenters. The Morgan fingerprint density at radius 3 is 2.72 bits per heavy atom. The molecule has 9 nitrogen and oxygen atoms in total. The van der Waals surface area contributed by atoms with E-state index in [1.807, 2.05) is 30.3 Å². The van der Waals surface area contributed by atoms with Crippen LogP contribution in [0.5, 0.6) is 0 Å². The van der Waals surface area contributed by atoms with E-state index in [4.69, 9.17) is 20.3 Å². The van der Waals surface area contributed by atoms with Gasteiger partial charge in [-0.25, -0.2) is 15.0 Å². The van der Waals surface area contributed by atoms with Crippen molar-refractivity contribution in [3.05, 3.63) is 43.0 Å². The molecule has 1 unspecified atom stereocenters. The van der Waals surface area contributed by atoms with Crippen LogP contribution in [0.1, 0.15) is 0 Å². The highest BCUT2D eigenvalue weighted by molar-refractivity contribution is 7.99. The first-order valence-electron chi connectivity index (χ1n) is 7.21. The van der Waals surface area contributed by atoms with Gasteiger partial charge >= 0.3 is 7.60 Å². The van der Waals surface area contributed by atoms with E-state index < -0.39 is 19.4 Å². The molecule has 0 aliphatic carbocycles. The predicted octanol–water partition coefficient (Wildman–Crippen LogP) is 1.68. The van der Waals surface area contributed by atoms with Gasteiger partial charge in [0.25, 0.3) is 0 Å². The van der Waals surface area contributed by atoms with E-state index in [-0.39, 0.29) is 12.4 Å². The molecule has 0 aliphatic rings. The molecular weight excluding hydrogens is 365 g/mol. The molecule has 0 fully saturated rings. The van der Waals surface area contributed by atoms with E-state index >= 15 is 0 Å². The monoisotopic (exact) mass is 381 g/mol. The van der Waals surface area contributed by atoms with Gasteiger partial charge in [-0.3, -0.25) is 4.57 Å². The van der Waals surface area contributed by atoms with E-state index in [1.54, 1.807) is 10.9 Å². The maximum Gasteiger partial charge on any atom is 0.351 e. The van der Waals surface area contributed by atoms with Gasteiger partial charge in [0.15, 0.2) is 11.5 Å². The maximum atomic E-state index is 11.2. The van der Waals surface area contributed by atoms with Crippen LogP contribution in [0.4, 0.5) is 5.82 Å². The third-order valence-electron chi connectivity index (χ3n) is 3.21. The second kappa shape index (κ2) is 7.51. The van der Waals surface area contributed by atoms with Crippen molar-refractivity contribution in [3.63, 3.8) is 0 Å². The molecule has 2 heterocycles. The van der Waals surface area contributed by atoms with Gasteiger partial charge in [0, 0.05) is 4.90 Å². The molecule has 3 aromatic rings. The Labute approximate surface area is 147 Å². The lowest BCUT2D eigenvalue weighted by Crippen LogP contribution is -2.17. The number of nitrogens with zero attached hydrogens (tertiary/aromatic N) is 4. The van der Waals surface area contributed by atoms with Gasteiger partial charge < -0.3 is 24.8 Å². The van der Waals surface area contributed by atoms with Crippen LogP contribution in [0, 0.1) is 0 Å². The van der Waals surface area contributed by atoms with Crippen LogP contribution in [0.3, 0.4) is 0 Å². The number of benzene rings is 1. The van der Waals surface area contributed by atoms with Crippen LogP contribution in [-0.4, -0.2) is 41.1 Å². The minimum atomic E-state index is -4.28. The van der Waals surface area contributed by atoms with E-state index in [1.165, 1.54) is 18.1 Å². The molecule has 0 spiro atoms. The number of fused-ring (bicyclic) bond motifs is 1. The number of ether oxygens (including phenoxy) is 1. The van der Waals surface area contributed by atoms with Crippen LogP contribution >= 0.6 is 19.4 Å². The van der Waals surface area contributed by atoms with Crippen LogP contribution in [0.25, 0.3) is 11.2 Å². The largest absolute Gasteiger partial charge is 0.382 e. The number of aromatic nitrogens is 4. The predicted molar refractivity (Wildman–Crippen MR) is 93.8 cm³/mol. The van der Waals surface area contributed by atoms with E-state index in [0.717, 1.165) is 4.90 Å². The van der Waals surface area contributed by atoms with Crippen LogP contribution < -0.4 is 5.73 Å². The van der Waals surface area contributed by atoms with E-state index in [0.29, 0.717) is 11.2 Å². The van der Waals surface area contributed by atoms with Crippen molar-refractivity contribution in [1.82, 2.24) is 19.5 Å². The Morgan fingerprint density at radius 2 is 2.00 bits per heavy atom. The van der Waals surface area contributed by atoms with Crippen molar-refractivity contribution in [2.45, 2.75) is 16.9 Å². The summed E-state index contributed by atoms with van der Waals surface area (Å²) < 4.78 is 18.3. The summed E-state index contributed by atoms with van der Waals surface area (Å²) in [6.07, 6.45) is 2.22. The van der Waals surface area contributed by atoms with Gasteiger partial charge in [-0.2, -0.15) is 0 Å². The highest BCUT2D eigenvalue weighted by Crippen LogP contribution is 2.36. The molecule has 3 rings (SSSR count). The first-order chi connectivity index (χ1) is 11.9. The number of nitrogen functional groups attached to an aromatic ring is 1. The number of rotatable bonds is 7. The van der Waals surface area contributed by atoms with Crippen LogP contribution in [0.15, 0.2) is 47.9 Å². The van der Waals surface area contributed by atoms with Gasteiger partial charge in [-0.1, -0.05) is 30.0 Å². The molecule has 0 saturated heterocycles. The molecule has 132 valence electrons. The second-order valence-corrected chi connectivity index (χ2v) is 7.97. The molecule has 1 aromatic carbocycles. The normalized spacial score (nSPS) is 13.2. The topological polar surface area (TPSA) is 136 Å². The van der Waals surface area contributed by atoms with Gasteiger partial charge in [0.1, 0.15) is 23.6 Å². The molecule has 0 aliphatic heterocycles. The summed E-state index contributed by atoms with van der Waals surface area (Å²) in [7, 11) is -4.28. The Morgan fingerprint density at radius 1 is 1.24 bits per heavy atom. The number of nitrogens with two attached hydrogens (primary N) is 1. The van der Waals surface area contributed by atoms with Crippen molar-refractivity contribution in [1.29, 1.82) is 0 Å². The molecule has 0 amide bonds. The lowest BCUT2D eigenvalue weighted by Gasteiger charge is -2.18. The van der Waals surface area contributed by atoms with Crippen molar-refractivity contribution in [2.24, 2.45) is 0 Å². The summed E-state index contributed by atoms with van der Waals surface area (Å²) in [5.41, 5.74) is 6.23. The summed E-state index contributed by atoms with van der Waals surface area (Å²) in [6.45, 7) is 0.284. The quantitative estimate of drug-likeness (QED) is 0.317. The Bertz CT molecular complexity index is 901. The third-order valence-corrected chi connectivity index (χ3v) is 4.79. The standard InChI is InChI=1S/C14H16N5O4PS/c15-13-12-14(17-7-16-13)19(8-18-12)6-11(23-9-24(20,21)22)25-10-4-2-1-3-5-10/h1-5,7-8,11H,6,9H2,(H2,15,16,17)(H2,20,21,22). The minimum Gasteiger partial charge on any atom is -0.382 e. The lowest BCUT2D eigenvalue weighted by molar-refractivity contribution is 0.124. The zero-order valence-electron chi connectivity index (χ0n) is 13.0. The second-order valence-electron chi connectivity index (χ2n) is 5.15. The number of imidazole rings is 1. The Balaban J connectivity index is 1.82. The number of thioether (sulfide) groups is 1. The highest BCUT2D eigenvalue weighted by atomic mass is 32.2. The number of anilines is 1. The van der Waals surface area contributed by atoms with Crippen molar-refractivity contribution in [3.8, 4) is 0 Å². The molecule has 0 radical (unpaired) electrons. The van der Waals surface area contributed by atoms with E-state index in [9.17, 15) is 4.57 Å². The molecule has 2 aromatic heterocycles. The summed E-state index contributed by atoms with van der Waals surface area (Å²) >= 11 is 1.35. The summed E-state index contributed by atoms with van der Waals surface area (Å²) in [5.74, 6) is 0.271. The zero-order valence-corrected chi connectivity index (χ0v) is 14.7. The zero-order chi connectivity index (χ0) is 17.9. The lowest BCUT2D eigenvalue weighted by atomic mass is 10.4. The van der Waals surface area contributed by atoms with Crippen molar-refractivity contribution < 1.29 is 19.1 Å². The first-order valence-corrected chi connectivity index (χ1v) is 9.89. The number of hydrogen-bond acceptors (Lipinski definition) is 7. The summed E-state index contributed by atoms with van der Waals surface area (Å²) in [6, 6.07) is 9.43. The van der Waals surface area contributed by atoms with Crippen molar-refractivity contribution >= 4 is 36.3 Å². The average Bonchev–Trinajstić information content (AvgIpc) is 2.97. The van der Waals surface area contributed by atoms with Crippen molar-refractivity contribution in [2.75, 3.05) is 12.1 Å². The Kier molecular flexibility index (Phi) is 5.36. The molecule has 11 heteroatoms. The van der Waals surface area contributed by atoms with Gasteiger partial charge in [-0.15, -0.1) is 0 Å². The minimum absolute atomic E-state index is 0.271. The highest BCUT2D eigenvalue weighted by Gasteiger charge is 2.20. The SMILES string of the molecule is Nc1ncnc2c1ncn2CC(OCP(=O)(O)O)Sc1ccccc1. The average molecular weight is 381 g/mol. The molecule has 0 bridgehead atoms.